The van der Waals surface area contributed by atoms with Crippen LogP contribution in [0.2, 0.25) is 0 Å². The van der Waals surface area contributed by atoms with Gasteiger partial charge in [0.25, 0.3) is 0 Å². The summed E-state index contributed by atoms with van der Waals surface area (Å²) in [6.07, 6.45) is 12.8. The highest BCUT2D eigenvalue weighted by Gasteiger charge is 2.44. The van der Waals surface area contributed by atoms with Gasteiger partial charge in [0.15, 0.2) is 0 Å². The number of thiophene rings is 2. The van der Waals surface area contributed by atoms with Gasteiger partial charge in [-0.25, -0.2) is 0 Å². The van der Waals surface area contributed by atoms with E-state index in [-0.39, 0.29) is 5.60 Å². The Hall–Kier alpha value is -0.800. The van der Waals surface area contributed by atoms with Crippen LogP contribution in [0, 0.1) is 11.8 Å². The molecule has 2 unspecified atom stereocenters. The zero-order valence-electron chi connectivity index (χ0n) is 18.3. The molecule has 0 aromatic carbocycles. The third kappa shape index (κ3) is 4.67. The topological polar surface area (TPSA) is 9.23 Å². The number of rotatable bonds is 12. The summed E-state index contributed by atoms with van der Waals surface area (Å²) in [6.45, 7) is 9.36. The number of fused-ring (bicyclic) bond motifs is 3. The lowest BCUT2D eigenvalue weighted by Gasteiger charge is -2.42. The molecular formula is C25H38OS2. The molecule has 0 spiro atoms. The van der Waals surface area contributed by atoms with E-state index in [1.807, 2.05) is 22.7 Å². The van der Waals surface area contributed by atoms with E-state index in [1.165, 1.54) is 79.5 Å². The Morgan fingerprint density at radius 2 is 1.39 bits per heavy atom. The van der Waals surface area contributed by atoms with E-state index >= 15 is 0 Å². The average Bonchev–Trinajstić information content (AvgIpc) is 3.37. The fraction of sp³-hybridized carbons (Fsp3) is 0.680. The van der Waals surface area contributed by atoms with Crippen molar-refractivity contribution < 1.29 is 4.74 Å². The lowest BCUT2D eigenvalue weighted by molar-refractivity contribution is 0.00803. The van der Waals surface area contributed by atoms with E-state index in [9.17, 15) is 0 Å². The van der Waals surface area contributed by atoms with Crippen LogP contribution < -0.4 is 4.74 Å². The minimum Gasteiger partial charge on any atom is -0.481 e. The third-order valence-corrected chi connectivity index (χ3v) is 8.59. The van der Waals surface area contributed by atoms with Crippen molar-refractivity contribution in [3.8, 4) is 15.5 Å². The molecule has 2 aromatic heterocycles. The SMILES string of the molecule is CCCCC(CC)CC1(CC(CC)CCCC)Oc2ccsc2-c2sccc21. The van der Waals surface area contributed by atoms with Crippen molar-refractivity contribution in [3.63, 3.8) is 0 Å². The quantitative estimate of drug-likeness (QED) is 0.333. The average molecular weight is 419 g/mol. The van der Waals surface area contributed by atoms with E-state index in [4.69, 9.17) is 4.74 Å². The first-order valence-corrected chi connectivity index (χ1v) is 13.3. The maximum Gasteiger partial charge on any atom is 0.140 e. The van der Waals surface area contributed by atoms with Crippen molar-refractivity contribution in [2.75, 3.05) is 0 Å². The van der Waals surface area contributed by atoms with E-state index in [2.05, 4.69) is 50.6 Å². The molecule has 3 rings (SSSR count). The second-order valence-electron chi connectivity index (χ2n) is 8.61. The molecule has 0 radical (unpaired) electrons. The van der Waals surface area contributed by atoms with E-state index in [0.717, 1.165) is 17.6 Å². The summed E-state index contributed by atoms with van der Waals surface area (Å²) in [5.41, 5.74) is 1.35. The summed E-state index contributed by atoms with van der Waals surface area (Å²) >= 11 is 3.75. The van der Waals surface area contributed by atoms with Gasteiger partial charge in [-0.2, -0.15) is 0 Å². The summed E-state index contributed by atoms with van der Waals surface area (Å²) < 4.78 is 6.99. The summed E-state index contributed by atoms with van der Waals surface area (Å²) in [7, 11) is 0. The summed E-state index contributed by atoms with van der Waals surface area (Å²) in [4.78, 5) is 2.83. The van der Waals surface area contributed by atoms with Gasteiger partial charge in [-0.15, -0.1) is 22.7 Å². The van der Waals surface area contributed by atoms with Crippen molar-refractivity contribution in [1.82, 2.24) is 0 Å². The van der Waals surface area contributed by atoms with E-state index in [1.54, 1.807) is 0 Å². The van der Waals surface area contributed by atoms with Crippen molar-refractivity contribution >= 4 is 22.7 Å². The maximum absolute atomic E-state index is 6.99. The zero-order chi connectivity index (χ0) is 20.0. The lowest BCUT2D eigenvalue weighted by atomic mass is 9.74. The van der Waals surface area contributed by atoms with Crippen LogP contribution in [0.3, 0.4) is 0 Å². The fourth-order valence-corrected chi connectivity index (χ4v) is 6.85. The molecule has 1 aliphatic heterocycles. The van der Waals surface area contributed by atoms with Crippen molar-refractivity contribution in [2.45, 2.75) is 97.5 Å². The molecule has 2 atom stereocenters. The standard InChI is InChI=1S/C25H38OS2/c1-5-9-11-19(7-3)17-25(18-20(8-4)12-10-6-2)21-13-15-27-23(21)24-22(26-25)14-16-28-24/h13-16,19-20H,5-12,17-18H2,1-4H3. The molecule has 0 amide bonds. The van der Waals surface area contributed by atoms with Gasteiger partial charge in [0.2, 0.25) is 0 Å². The van der Waals surface area contributed by atoms with E-state index in [0.29, 0.717) is 0 Å². The molecule has 1 aliphatic rings. The zero-order valence-corrected chi connectivity index (χ0v) is 19.9. The Morgan fingerprint density at radius 1 is 0.821 bits per heavy atom. The largest absolute Gasteiger partial charge is 0.481 e. The van der Waals surface area contributed by atoms with Crippen LogP contribution in [-0.4, -0.2) is 0 Å². The normalized spacial score (nSPS) is 20.3. The highest BCUT2D eigenvalue weighted by Crippen LogP contribution is 2.55. The Kier molecular flexibility index (Phi) is 8.05. The van der Waals surface area contributed by atoms with Gasteiger partial charge in [-0.05, 0) is 47.6 Å². The number of hydrogen-bond donors (Lipinski definition) is 0. The fourth-order valence-electron chi connectivity index (χ4n) is 4.86. The molecule has 3 heterocycles. The van der Waals surface area contributed by atoms with Crippen LogP contribution in [0.15, 0.2) is 22.9 Å². The van der Waals surface area contributed by atoms with Gasteiger partial charge in [0, 0.05) is 5.56 Å². The molecule has 0 N–H and O–H groups in total. The highest BCUT2D eigenvalue weighted by molar-refractivity contribution is 7.20. The summed E-state index contributed by atoms with van der Waals surface area (Å²) in [5.74, 6) is 2.63. The number of unbranched alkanes of at least 4 members (excludes halogenated alkanes) is 2. The van der Waals surface area contributed by atoms with Crippen LogP contribution in [-0.2, 0) is 5.60 Å². The van der Waals surface area contributed by atoms with E-state index < -0.39 is 0 Å². The molecule has 0 bridgehead atoms. The summed E-state index contributed by atoms with van der Waals surface area (Å²) in [5, 5.41) is 4.49. The maximum atomic E-state index is 6.99. The number of ether oxygens (including phenoxy) is 1. The summed E-state index contributed by atoms with van der Waals surface area (Å²) in [6, 6.07) is 4.58. The minimum atomic E-state index is -0.133. The Morgan fingerprint density at radius 3 is 1.96 bits per heavy atom. The minimum absolute atomic E-state index is 0.133. The van der Waals surface area contributed by atoms with Gasteiger partial charge >= 0.3 is 0 Å². The monoisotopic (exact) mass is 418 g/mol. The second kappa shape index (κ2) is 10.3. The molecular weight excluding hydrogens is 380 g/mol. The van der Waals surface area contributed by atoms with Gasteiger partial charge in [-0.3, -0.25) is 0 Å². The van der Waals surface area contributed by atoms with Crippen molar-refractivity contribution in [3.05, 3.63) is 28.5 Å². The molecule has 0 aliphatic carbocycles. The molecule has 2 aromatic rings. The molecule has 1 nitrogen and oxygen atoms in total. The molecule has 0 saturated carbocycles. The van der Waals surface area contributed by atoms with Crippen LogP contribution >= 0.6 is 22.7 Å². The van der Waals surface area contributed by atoms with Crippen molar-refractivity contribution in [2.24, 2.45) is 11.8 Å². The first-order valence-electron chi connectivity index (χ1n) is 11.5. The van der Waals surface area contributed by atoms with Gasteiger partial charge < -0.3 is 4.74 Å². The highest BCUT2D eigenvalue weighted by atomic mass is 32.1. The Bertz CT molecular complexity index is 696. The second-order valence-corrected chi connectivity index (χ2v) is 10.4. The van der Waals surface area contributed by atoms with Crippen LogP contribution in [0.4, 0.5) is 0 Å². The van der Waals surface area contributed by atoms with Gasteiger partial charge in [-0.1, -0.05) is 79.1 Å². The van der Waals surface area contributed by atoms with Crippen LogP contribution in [0.25, 0.3) is 9.75 Å². The van der Waals surface area contributed by atoms with Gasteiger partial charge in [0.1, 0.15) is 11.4 Å². The predicted molar refractivity (Wildman–Crippen MR) is 126 cm³/mol. The number of hydrogen-bond acceptors (Lipinski definition) is 3. The Labute approximate surface area is 180 Å². The lowest BCUT2D eigenvalue weighted by Crippen LogP contribution is -2.39. The molecule has 0 fully saturated rings. The van der Waals surface area contributed by atoms with Gasteiger partial charge in [0.05, 0.1) is 9.75 Å². The van der Waals surface area contributed by atoms with Crippen LogP contribution in [0.1, 0.15) is 97.5 Å². The smallest absolute Gasteiger partial charge is 0.140 e. The Balaban J connectivity index is 1.95. The van der Waals surface area contributed by atoms with Crippen molar-refractivity contribution in [1.29, 1.82) is 0 Å². The molecule has 156 valence electrons. The first-order chi connectivity index (χ1) is 13.7. The predicted octanol–water partition coefficient (Wildman–Crippen LogP) is 9.28. The molecule has 3 heteroatoms. The first kappa shape index (κ1) is 21.9. The molecule has 0 saturated heterocycles. The van der Waals surface area contributed by atoms with Crippen LogP contribution in [0.5, 0.6) is 5.75 Å². The third-order valence-electron chi connectivity index (χ3n) is 6.62. The molecule has 28 heavy (non-hydrogen) atoms.